The van der Waals surface area contributed by atoms with Gasteiger partial charge in [0.15, 0.2) is 0 Å². The lowest BCUT2D eigenvalue weighted by Gasteiger charge is -2.35. The third-order valence-electron chi connectivity index (χ3n) is 4.12. The van der Waals surface area contributed by atoms with Gasteiger partial charge in [-0.15, -0.1) is 6.58 Å². The van der Waals surface area contributed by atoms with Gasteiger partial charge < -0.3 is 10.2 Å². The van der Waals surface area contributed by atoms with Crippen LogP contribution in [0.1, 0.15) is 39.5 Å². The smallest absolute Gasteiger partial charge is 0.248 e. The molecular formula is C14H22N2O2. The Hall–Kier alpha value is -1.32. The van der Waals surface area contributed by atoms with Crippen LogP contribution in [0.4, 0.5) is 0 Å². The predicted molar refractivity (Wildman–Crippen MR) is 69.9 cm³/mol. The molecule has 18 heavy (non-hydrogen) atoms. The molecule has 2 unspecified atom stereocenters. The van der Waals surface area contributed by atoms with Gasteiger partial charge in [-0.1, -0.05) is 6.08 Å². The number of hydrogen-bond acceptors (Lipinski definition) is 2. The van der Waals surface area contributed by atoms with Crippen LogP contribution in [0.15, 0.2) is 12.7 Å². The Bertz CT molecular complexity index is 376. The number of amides is 2. The van der Waals surface area contributed by atoms with Crippen molar-refractivity contribution in [1.29, 1.82) is 0 Å². The van der Waals surface area contributed by atoms with Crippen molar-refractivity contribution in [3.63, 3.8) is 0 Å². The van der Waals surface area contributed by atoms with E-state index >= 15 is 0 Å². The van der Waals surface area contributed by atoms with Gasteiger partial charge in [0, 0.05) is 19.0 Å². The Labute approximate surface area is 108 Å². The van der Waals surface area contributed by atoms with Crippen molar-refractivity contribution in [2.24, 2.45) is 5.92 Å². The van der Waals surface area contributed by atoms with E-state index in [0.29, 0.717) is 18.9 Å². The molecule has 1 N–H and O–H groups in total. The lowest BCUT2D eigenvalue weighted by molar-refractivity contribution is -0.140. The lowest BCUT2D eigenvalue weighted by atomic mass is 9.93. The minimum Gasteiger partial charge on any atom is -0.342 e. The van der Waals surface area contributed by atoms with Crippen LogP contribution < -0.4 is 5.32 Å². The quantitative estimate of drug-likeness (QED) is 0.768. The van der Waals surface area contributed by atoms with Gasteiger partial charge in [0.1, 0.15) is 5.54 Å². The molecule has 4 heteroatoms. The summed E-state index contributed by atoms with van der Waals surface area (Å²) in [5.74, 6) is 0.377. The summed E-state index contributed by atoms with van der Waals surface area (Å²) in [5, 5.41) is 2.94. The van der Waals surface area contributed by atoms with Gasteiger partial charge >= 0.3 is 0 Å². The summed E-state index contributed by atoms with van der Waals surface area (Å²) >= 11 is 0. The van der Waals surface area contributed by atoms with E-state index in [4.69, 9.17) is 0 Å². The molecule has 2 amide bonds. The number of carbonyl (C=O) groups is 2. The molecule has 1 aliphatic heterocycles. The molecule has 1 aliphatic carbocycles. The zero-order chi connectivity index (χ0) is 13.3. The average Bonchev–Trinajstić information content (AvgIpc) is 3.12. The van der Waals surface area contributed by atoms with Gasteiger partial charge in [0.05, 0.1) is 0 Å². The molecule has 2 rings (SSSR count). The van der Waals surface area contributed by atoms with Crippen LogP contribution in [0.3, 0.4) is 0 Å². The number of hydrogen-bond donors (Lipinski definition) is 1. The zero-order valence-corrected chi connectivity index (χ0v) is 11.2. The molecule has 1 saturated heterocycles. The molecule has 2 atom stereocenters. The Kier molecular flexibility index (Phi) is 3.46. The van der Waals surface area contributed by atoms with Crippen molar-refractivity contribution >= 4 is 11.8 Å². The lowest BCUT2D eigenvalue weighted by Crippen LogP contribution is -2.58. The van der Waals surface area contributed by atoms with Crippen LogP contribution in [-0.4, -0.2) is 34.8 Å². The monoisotopic (exact) mass is 250 g/mol. The number of nitrogens with one attached hydrogen (secondary N) is 1. The highest BCUT2D eigenvalue weighted by Gasteiger charge is 2.51. The first-order chi connectivity index (χ1) is 8.49. The summed E-state index contributed by atoms with van der Waals surface area (Å²) in [6.07, 6.45) is 5.06. The summed E-state index contributed by atoms with van der Waals surface area (Å²) in [6.45, 7) is 8.13. The van der Waals surface area contributed by atoms with Crippen molar-refractivity contribution in [3.8, 4) is 0 Å². The van der Waals surface area contributed by atoms with E-state index in [0.717, 1.165) is 19.3 Å². The molecule has 0 aromatic carbocycles. The first-order valence-electron chi connectivity index (χ1n) is 6.72. The topological polar surface area (TPSA) is 49.4 Å². The molecule has 2 aliphatic rings. The molecule has 100 valence electrons. The minimum atomic E-state index is -0.691. The van der Waals surface area contributed by atoms with Gasteiger partial charge in [-0.25, -0.2) is 0 Å². The van der Waals surface area contributed by atoms with E-state index in [9.17, 15) is 9.59 Å². The van der Waals surface area contributed by atoms with Crippen LogP contribution in [-0.2, 0) is 9.59 Å². The molecule has 4 nitrogen and oxygen atoms in total. The normalized spacial score (nSPS) is 30.7. The summed E-state index contributed by atoms with van der Waals surface area (Å²) in [7, 11) is 0. The van der Waals surface area contributed by atoms with E-state index in [-0.39, 0.29) is 17.9 Å². The molecular weight excluding hydrogens is 228 g/mol. The van der Waals surface area contributed by atoms with Crippen LogP contribution in [0.5, 0.6) is 0 Å². The Morgan fingerprint density at radius 1 is 1.56 bits per heavy atom. The zero-order valence-electron chi connectivity index (χ0n) is 11.2. The molecule has 2 fully saturated rings. The summed E-state index contributed by atoms with van der Waals surface area (Å²) < 4.78 is 0. The van der Waals surface area contributed by atoms with Crippen LogP contribution in [0.2, 0.25) is 0 Å². The molecule has 1 heterocycles. The number of carbonyl (C=O) groups excluding carboxylic acids is 2. The molecule has 0 radical (unpaired) electrons. The van der Waals surface area contributed by atoms with Crippen molar-refractivity contribution < 1.29 is 9.59 Å². The third kappa shape index (κ3) is 2.28. The summed E-state index contributed by atoms with van der Waals surface area (Å²) in [6, 6.07) is 0.112. The highest BCUT2D eigenvalue weighted by molar-refractivity contribution is 5.94. The highest BCUT2D eigenvalue weighted by atomic mass is 16.2. The van der Waals surface area contributed by atoms with Crippen molar-refractivity contribution in [3.05, 3.63) is 12.7 Å². The predicted octanol–water partition coefficient (Wildman–Crippen LogP) is 1.47. The van der Waals surface area contributed by atoms with E-state index in [1.165, 1.54) is 0 Å². The van der Waals surface area contributed by atoms with E-state index in [1.54, 1.807) is 0 Å². The Morgan fingerprint density at radius 3 is 2.78 bits per heavy atom. The SMILES string of the molecule is C=CCC(C)N1CCC(=O)NC(C)(C2CC2)C1=O. The fourth-order valence-corrected chi connectivity index (χ4v) is 2.75. The molecule has 0 aromatic heterocycles. The maximum Gasteiger partial charge on any atom is 0.248 e. The van der Waals surface area contributed by atoms with Crippen molar-refractivity contribution in [1.82, 2.24) is 10.2 Å². The van der Waals surface area contributed by atoms with Crippen LogP contribution >= 0.6 is 0 Å². The average molecular weight is 250 g/mol. The maximum absolute atomic E-state index is 12.7. The van der Waals surface area contributed by atoms with Gasteiger partial charge in [-0.2, -0.15) is 0 Å². The fourth-order valence-electron chi connectivity index (χ4n) is 2.75. The molecule has 0 bridgehead atoms. The maximum atomic E-state index is 12.7. The van der Waals surface area contributed by atoms with Gasteiger partial charge in [0.2, 0.25) is 11.8 Å². The van der Waals surface area contributed by atoms with Crippen LogP contribution in [0.25, 0.3) is 0 Å². The number of nitrogens with zero attached hydrogens (tertiary/aromatic N) is 1. The first kappa shape index (κ1) is 13.1. The van der Waals surface area contributed by atoms with Gasteiger partial charge in [-0.05, 0) is 39.0 Å². The first-order valence-corrected chi connectivity index (χ1v) is 6.72. The second-order valence-corrected chi connectivity index (χ2v) is 5.65. The van der Waals surface area contributed by atoms with Crippen molar-refractivity contribution in [2.75, 3.05) is 6.54 Å². The van der Waals surface area contributed by atoms with E-state index in [2.05, 4.69) is 11.9 Å². The fraction of sp³-hybridized carbons (Fsp3) is 0.714. The number of rotatable bonds is 4. The van der Waals surface area contributed by atoms with Crippen LogP contribution in [0, 0.1) is 5.92 Å². The van der Waals surface area contributed by atoms with E-state index < -0.39 is 5.54 Å². The largest absolute Gasteiger partial charge is 0.342 e. The summed E-state index contributed by atoms with van der Waals surface area (Å²) in [4.78, 5) is 26.3. The summed E-state index contributed by atoms with van der Waals surface area (Å²) in [5.41, 5.74) is -0.691. The van der Waals surface area contributed by atoms with Crippen molar-refractivity contribution in [2.45, 2.75) is 51.1 Å². The minimum absolute atomic E-state index is 0.00828. The third-order valence-corrected chi connectivity index (χ3v) is 4.12. The van der Waals surface area contributed by atoms with Gasteiger partial charge in [-0.3, -0.25) is 9.59 Å². The Morgan fingerprint density at radius 2 is 2.22 bits per heavy atom. The second-order valence-electron chi connectivity index (χ2n) is 5.65. The second kappa shape index (κ2) is 4.75. The van der Waals surface area contributed by atoms with Gasteiger partial charge in [0.25, 0.3) is 0 Å². The molecule has 0 aromatic rings. The highest BCUT2D eigenvalue weighted by Crippen LogP contribution is 2.41. The molecule has 0 spiro atoms. The standard InChI is InChI=1S/C14H22N2O2/c1-4-5-10(2)16-9-8-12(17)15-14(3,13(16)18)11-6-7-11/h4,10-11H,1,5-9H2,2-3H3,(H,15,17). The van der Waals surface area contributed by atoms with E-state index in [1.807, 2.05) is 24.8 Å². The Balaban J connectivity index is 2.23. The molecule has 1 saturated carbocycles.